The van der Waals surface area contributed by atoms with Crippen molar-refractivity contribution in [1.29, 1.82) is 0 Å². The molecule has 0 fully saturated rings. The molecule has 130 valence electrons. The second-order valence-corrected chi connectivity index (χ2v) is 5.55. The van der Waals surface area contributed by atoms with E-state index in [1.54, 1.807) is 0 Å². The fourth-order valence-corrected chi connectivity index (χ4v) is 2.56. The molecule has 2 aromatic heterocycles. The fourth-order valence-electron chi connectivity index (χ4n) is 2.56. The van der Waals surface area contributed by atoms with Gasteiger partial charge in [0, 0.05) is 7.05 Å². The van der Waals surface area contributed by atoms with Crippen LogP contribution in [0.5, 0.6) is 5.88 Å². The largest absolute Gasteiger partial charge is 0.477 e. The van der Waals surface area contributed by atoms with Crippen LogP contribution in [-0.2, 0) is 19.9 Å². The molecule has 0 saturated heterocycles. The molecule has 0 saturated carbocycles. The molecule has 9 nitrogen and oxygen atoms in total. The van der Waals surface area contributed by atoms with Crippen LogP contribution in [0, 0.1) is 6.92 Å². The average molecular weight is 341 g/mol. The van der Waals surface area contributed by atoms with Crippen molar-refractivity contribution in [2.75, 3.05) is 6.61 Å². The predicted molar refractivity (Wildman–Crippen MR) is 89.7 cm³/mol. The number of hydrogen-bond donors (Lipinski definition) is 0. The molecule has 0 N–H and O–H groups in total. The van der Waals surface area contributed by atoms with Gasteiger partial charge < -0.3 is 4.74 Å². The van der Waals surface area contributed by atoms with E-state index in [1.165, 1.54) is 18.2 Å². The van der Waals surface area contributed by atoms with Gasteiger partial charge in [0.15, 0.2) is 5.82 Å². The van der Waals surface area contributed by atoms with Crippen molar-refractivity contribution < 1.29 is 4.74 Å². The van der Waals surface area contributed by atoms with Gasteiger partial charge in [-0.25, -0.2) is 4.79 Å². The van der Waals surface area contributed by atoms with Crippen LogP contribution in [0.4, 0.5) is 0 Å². The number of hydrogen-bond acceptors (Lipinski definition) is 7. The highest BCUT2D eigenvalue weighted by molar-refractivity contribution is 5.39. The van der Waals surface area contributed by atoms with Crippen molar-refractivity contribution >= 4 is 0 Å². The number of benzene rings is 1. The summed E-state index contributed by atoms with van der Waals surface area (Å²) in [5, 5.41) is 19.3. The van der Waals surface area contributed by atoms with Gasteiger partial charge in [0.1, 0.15) is 0 Å². The summed E-state index contributed by atoms with van der Waals surface area (Å²) in [4.78, 5) is 12.2. The van der Waals surface area contributed by atoms with Gasteiger partial charge in [-0.3, -0.25) is 0 Å². The van der Waals surface area contributed by atoms with Gasteiger partial charge in [-0.2, -0.15) is 4.68 Å². The zero-order valence-corrected chi connectivity index (χ0v) is 14.4. The van der Waals surface area contributed by atoms with Gasteiger partial charge in [-0.1, -0.05) is 29.4 Å². The second kappa shape index (κ2) is 7.20. The van der Waals surface area contributed by atoms with E-state index in [4.69, 9.17) is 4.74 Å². The number of rotatable bonds is 6. The van der Waals surface area contributed by atoms with Crippen LogP contribution in [0.2, 0.25) is 0 Å². The highest BCUT2D eigenvalue weighted by atomic mass is 16.5. The lowest BCUT2D eigenvalue weighted by atomic mass is 10.0. The summed E-state index contributed by atoms with van der Waals surface area (Å²) in [7, 11) is 1.52. The van der Waals surface area contributed by atoms with Gasteiger partial charge in [0.25, 0.3) is 0 Å². The normalized spacial score (nSPS) is 10.8. The molecule has 0 atom stereocenters. The lowest BCUT2D eigenvalue weighted by Gasteiger charge is -2.11. The monoisotopic (exact) mass is 341 g/mol. The average Bonchev–Trinajstić information content (AvgIpc) is 2.94. The zero-order valence-electron chi connectivity index (χ0n) is 14.4. The molecule has 0 unspecified atom stereocenters. The van der Waals surface area contributed by atoms with Crippen molar-refractivity contribution in [2.45, 2.75) is 26.7 Å². The summed E-state index contributed by atoms with van der Waals surface area (Å²) in [5.41, 5.74) is 2.69. The molecule has 9 heteroatoms. The number of nitrogens with zero attached hydrogens (tertiary/aromatic N) is 7. The summed E-state index contributed by atoms with van der Waals surface area (Å²) in [6, 6.07) is 8.15. The first-order chi connectivity index (χ1) is 12.1. The Hall–Kier alpha value is -3.10. The van der Waals surface area contributed by atoms with E-state index in [0.29, 0.717) is 30.3 Å². The van der Waals surface area contributed by atoms with Crippen LogP contribution < -0.4 is 10.4 Å². The molecule has 0 spiro atoms. The Morgan fingerprint density at radius 3 is 2.60 bits per heavy atom. The van der Waals surface area contributed by atoms with E-state index in [1.807, 2.05) is 19.1 Å². The maximum absolute atomic E-state index is 12.2. The minimum atomic E-state index is -0.403. The van der Waals surface area contributed by atoms with E-state index in [9.17, 15) is 4.79 Å². The van der Waals surface area contributed by atoms with Crippen LogP contribution in [0.15, 0.2) is 29.1 Å². The van der Waals surface area contributed by atoms with E-state index >= 15 is 0 Å². The van der Waals surface area contributed by atoms with E-state index in [2.05, 4.69) is 44.9 Å². The van der Waals surface area contributed by atoms with E-state index in [-0.39, 0.29) is 0 Å². The molecule has 0 aliphatic heterocycles. The topological polar surface area (TPSA) is 101 Å². The van der Waals surface area contributed by atoms with Crippen LogP contribution in [0.1, 0.15) is 23.6 Å². The van der Waals surface area contributed by atoms with Gasteiger partial charge >= 0.3 is 5.69 Å². The summed E-state index contributed by atoms with van der Waals surface area (Å²) < 4.78 is 7.83. The minimum Gasteiger partial charge on any atom is -0.477 e. The van der Waals surface area contributed by atoms with Crippen LogP contribution in [0.3, 0.4) is 0 Å². The van der Waals surface area contributed by atoms with Crippen molar-refractivity contribution in [3.63, 3.8) is 0 Å². The van der Waals surface area contributed by atoms with Crippen molar-refractivity contribution in [2.24, 2.45) is 7.05 Å². The number of aryl methyl sites for hydroxylation is 3. The second-order valence-electron chi connectivity index (χ2n) is 5.55. The molecule has 3 rings (SSSR count). The molecule has 0 bridgehead atoms. The van der Waals surface area contributed by atoms with Crippen LogP contribution >= 0.6 is 0 Å². The zero-order chi connectivity index (χ0) is 17.8. The first-order valence-electron chi connectivity index (χ1n) is 8.00. The van der Waals surface area contributed by atoms with E-state index in [0.717, 1.165) is 15.8 Å². The minimum absolute atomic E-state index is 0.296. The Bertz CT molecular complexity index is 932. The van der Waals surface area contributed by atoms with Crippen molar-refractivity contribution in [3.05, 3.63) is 51.4 Å². The summed E-state index contributed by atoms with van der Waals surface area (Å²) >= 11 is 0. The van der Waals surface area contributed by atoms with E-state index < -0.39 is 5.69 Å². The Kier molecular flexibility index (Phi) is 4.82. The maximum Gasteiger partial charge on any atom is 0.369 e. The summed E-state index contributed by atoms with van der Waals surface area (Å²) in [6.07, 6.45) is 1.34. The predicted octanol–water partition coefficient (Wildman–Crippen LogP) is 0.643. The third-order valence-corrected chi connectivity index (χ3v) is 3.91. The van der Waals surface area contributed by atoms with Crippen LogP contribution in [-0.4, -0.2) is 41.8 Å². The van der Waals surface area contributed by atoms with Gasteiger partial charge in [0.05, 0.1) is 12.2 Å². The molecule has 2 heterocycles. The Morgan fingerprint density at radius 2 is 1.92 bits per heavy atom. The number of tetrazole rings is 1. The maximum atomic E-state index is 12.2. The molecule has 0 aliphatic carbocycles. The lowest BCUT2D eigenvalue weighted by Crippen LogP contribution is -2.24. The van der Waals surface area contributed by atoms with Gasteiger partial charge in [-0.05, 0) is 53.5 Å². The highest BCUT2D eigenvalue weighted by Gasteiger charge is 2.19. The molecule has 3 aromatic rings. The first-order valence-corrected chi connectivity index (χ1v) is 8.00. The first kappa shape index (κ1) is 16.7. The third kappa shape index (κ3) is 3.39. The fraction of sp³-hybridized carbons (Fsp3) is 0.375. The molecular formula is C16H19N7O2. The SMILES string of the molecule is CCOc1nnnc(-n2nnn(C)c2=O)c1CCc1ccccc1C. The van der Waals surface area contributed by atoms with Crippen molar-refractivity contribution in [1.82, 2.24) is 35.2 Å². The standard InChI is InChI=1S/C16H19N7O2/c1-4-25-15-13(10-9-12-8-6-5-7-11(12)2)14(17-19-18-15)23-16(24)22(3)20-21-23/h5-8H,4,9-10H2,1-3H3. The van der Waals surface area contributed by atoms with Gasteiger partial charge in [0.2, 0.25) is 5.88 Å². The molecule has 0 amide bonds. The molecule has 0 aliphatic rings. The summed E-state index contributed by atoms with van der Waals surface area (Å²) in [6.45, 7) is 4.36. The molecular weight excluding hydrogens is 322 g/mol. The lowest BCUT2D eigenvalue weighted by molar-refractivity contribution is 0.315. The van der Waals surface area contributed by atoms with Crippen LogP contribution in [0.25, 0.3) is 5.82 Å². The quantitative estimate of drug-likeness (QED) is 0.648. The Labute approximate surface area is 144 Å². The molecule has 1 aromatic carbocycles. The third-order valence-electron chi connectivity index (χ3n) is 3.91. The molecule has 0 radical (unpaired) electrons. The van der Waals surface area contributed by atoms with Crippen molar-refractivity contribution in [3.8, 4) is 11.7 Å². The summed E-state index contributed by atoms with van der Waals surface area (Å²) in [5.74, 6) is 0.656. The highest BCUT2D eigenvalue weighted by Crippen LogP contribution is 2.22. The Balaban J connectivity index is 2.02. The number of ether oxygens (including phenoxy) is 1. The van der Waals surface area contributed by atoms with Gasteiger partial charge in [-0.15, -0.1) is 9.78 Å². The number of aromatic nitrogens is 7. The molecule has 25 heavy (non-hydrogen) atoms. The smallest absolute Gasteiger partial charge is 0.369 e. The Morgan fingerprint density at radius 1 is 1.12 bits per heavy atom.